The van der Waals surface area contributed by atoms with Gasteiger partial charge < -0.3 is 14.6 Å². The Morgan fingerprint density at radius 2 is 2.13 bits per heavy atom. The molecule has 0 spiro atoms. The number of hydrogen-bond donors (Lipinski definition) is 1. The Kier molecular flexibility index (Phi) is 4.40. The number of fused-ring (bicyclic) bond motifs is 3. The second-order valence-electron chi connectivity index (χ2n) is 5.26. The van der Waals surface area contributed by atoms with Crippen LogP contribution < -0.4 is 4.74 Å². The third-order valence-corrected chi connectivity index (χ3v) is 4.01. The van der Waals surface area contributed by atoms with E-state index in [-0.39, 0.29) is 0 Å². The molecule has 0 radical (unpaired) electrons. The quantitative estimate of drug-likeness (QED) is 0.757. The summed E-state index contributed by atoms with van der Waals surface area (Å²) in [6.07, 6.45) is 3.39. The normalized spacial score (nSPS) is 11.2. The van der Waals surface area contributed by atoms with Gasteiger partial charge in [-0.25, -0.2) is 9.97 Å². The Bertz CT molecular complexity index is 860. The van der Waals surface area contributed by atoms with Crippen LogP contribution in [0, 0.1) is 11.3 Å². The van der Waals surface area contributed by atoms with E-state index in [0.717, 1.165) is 47.3 Å². The molecule has 6 heteroatoms. The average molecular weight is 309 g/mol. The van der Waals surface area contributed by atoms with E-state index in [0.29, 0.717) is 12.3 Å². The SMILES string of the molecule is CCN(CC)CCOc1ccnc2[nH]c3cnc(C#N)cc3c12. The molecule has 3 rings (SSSR count). The number of pyridine rings is 2. The van der Waals surface area contributed by atoms with E-state index >= 15 is 0 Å². The summed E-state index contributed by atoms with van der Waals surface area (Å²) in [6.45, 7) is 7.80. The summed E-state index contributed by atoms with van der Waals surface area (Å²) in [5, 5.41) is 10.9. The van der Waals surface area contributed by atoms with Crippen LogP contribution in [0.15, 0.2) is 24.5 Å². The van der Waals surface area contributed by atoms with Crippen molar-refractivity contribution in [2.24, 2.45) is 0 Å². The van der Waals surface area contributed by atoms with E-state index in [2.05, 4.69) is 39.8 Å². The monoisotopic (exact) mass is 309 g/mol. The van der Waals surface area contributed by atoms with Crippen LogP contribution >= 0.6 is 0 Å². The lowest BCUT2D eigenvalue weighted by atomic mass is 10.2. The van der Waals surface area contributed by atoms with Crippen LogP contribution in [0.1, 0.15) is 19.5 Å². The molecule has 3 aromatic heterocycles. The summed E-state index contributed by atoms with van der Waals surface area (Å²) in [4.78, 5) is 14.0. The first kappa shape index (κ1) is 15.3. The van der Waals surface area contributed by atoms with E-state index in [4.69, 9.17) is 10.00 Å². The van der Waals surface area contributed by atoms with E-state index in [1.807, 2.05) is 6.07 Å². The van der Waals surface area contributed by atoms with E-state index in [1.165, 1.54) is 0 Å². The van der Waals surface area contributed by atoms with Crippen LogP contribution in [0.5, 0.6) is 5.75 Å². The van der Waals surface area contributed by atoms with Crippen molar-refractivity contribution in [1.82, 2.24) is 19.9 Å². The van der Waals surface area contributed by atoms with E-state index in [9.17, 15) is 0 Å². The molecule has 0 amide bonds. The molecular formula is C17H19N5O. The van der Waals surface area contributed by atoms with Crippen LogP contribution in [0.3, 0.4) is 0 Å². The first-order valence-electron chi connectivity index (χ1n) is 7.78. The Morgan fingerprint density at radius 1 is 1.30 bits per heavy atom. The van der Waals surface area contributed by atoms with Crippen molar-refractivity contribution in [3.05, 3.63) is 30.2 Å². The second-order valence-corrected chi connectivity index (χ2v) is 5.26. The number of ether oxygens (including phenoxy) is 1. The van der Waals surface area contributed by atoms with Gasteiger partial charge in [0.05, 0.1) is 17.1 Å². The first-order chi connectivity index (χ1) is 11.3. The third kappa shape index (κ3) is 2.96. The number of nitriles is 1. The van der Waals surface area contributed by atoms with Crippen LogP contribution in [0.2, 0.25) is 0 Å². The lowest BCUT2D eigenvalue weighted by Crippen LogP contribution is -2.27. The van der Waals surface area contributed by atoms with Crippen molar-refractivity contribution in [3.63, 3.8) is 0 Å². The molecule has 0 aliphatic heterocycles. The fourth-order valence-corrected chi connectivity index (χ4v) is 2.69. The Labute approximate surface area is 134 Å². The molecule has 6 nitrogen and oxygen atoms in total. The molecule has 0 saturated carbocycles. The fourth-order valence-electron chi connectivity index (χ4n) is 2.69. The van der Waals surface area contributed by atoms with Crippen LogP contribution in [-0.4, -0.2) is 46.1 Å². The van der Waals surface area contributed by atoms with E-state index in [1.54, 1.807) is 18.5 Å². The number of hydrogen-bond acceptors (Lipinski definition) is 5. The summed E-state index contributed by atoms with van der Waals surface area (Å²) in [7, 11) is 0. The summed E-state index contributed by atoms with van der Waals surface area (Å²) in [5.41, 5.74) is 1.99. The largest absolute Gasteiger partial charge is 0.491 e. The van der Waals surface area contributed by atoms with E-state index < -0.39 is 0 Å². The van der Waals surface area contributed by atoms with Gasteiger partial charge in [-0.05, 0) is 25.2 Å². The molecule has 0 aromatic carbocycles. The highest BCUT2D eigenvalue weighted by Gasteiger charge is 2.12. The van der Waals surface area contributed by atoms with Crippen molar-refractivity contribution >= 4 is 21.9 Å². The highest BCUT2D eigenvalue weighted by atomic mass is 16.5. The number of nitrogens with zero attached hydrogens (tertiary/aromatic N) is 4. The van der Waals surface area contributed by atoms with Gasteiger partial charge in [0.2, 0.25) is 0 Å². The predicted octanol–water partition coefficient (Wildman–Crippen LogP) is 2.70. The number of H-pyrrole nitrogens is 1. The third-order valence-electron chi connectivity index (χ3n) is 4.01. The highest BCUT2D eigenvalue weighted by molar-refractivity contribution is 6.09. The summed E-state index contributed by atoms with van der Waals surface area (Å²) >= 11 is 0. The molecule has 1 N–H and O–H groups in total. The molecule has 0 aliphatic carbocycles. The molecular weight excluding hydrogens is 290 g/mol. The molecule has 0 atom stereocenters. The van der Waals surface area contributed by atoms with Gasteiger partial charge in [0, 0.05) is 18.1 Å². The second kappa shape index (κ2) is 6.63. The number of nitrogens with one attached hydrogen (secondary N) is 1. The fraction of sp³-hybridized carbons (Fsp3) is 0.353. The first-order valence-corrected chi connectivity index (χ1v) is 7.78. The molecule has 118 valence electrons. The van der Waals surface area contributed by atoms with Crippen LogP contribution in [-0.2, 0) is 0 Å². The number of aromatic nitrogens is 3. The summed E-state index contributed by atoms with van der Waals surface area (Å²) in [5.74, 6) is 0.781. The van der Waals surface area contributed by atoms with Crippen molar-refractivity contribution in [1.29, 1.82) is 5.26 Å². The highest BCUT2D eigenvalue weighted by Crippen LogP contribution is 2.31. The minimum absolute atomic E-state index is 0.386. The maximum Gasteiger partial charge on any atom is 0.142 e. The van der Waals surface area contributed by atoms with Gasteiger partial charge >= 0.3 is 0 Å². The predicted molar refractivity (Wildman–Crippen MR) is 89.4 cm³/mol. The van der Waals surface area contributed by atoms with Gasteiger partial charge in [-0.3, -0.25) is 0 Å². The van der Waals surface area contributed by atoms with Crippen LogP contribution in [0.25, 0.3) is 21.9 Å². The Morgan fingerprint density at radius 3 is 2.87 bits per heavy atom. The zero-order valence-electron chi connectivity index (χ0n) is 13.3. The lowest BCUT2D eigenvalue weighted by Gasteiger charge is -2.18. The van der Waals surface area contributed by atoms with Crippen molar-refractivity contribution in [3.8, 4) is 11.8 Å². The molecule has 0 aliphatic rings. The van der Waals surface area contributed by atoms with Gasteiger partial charge in [-0.2, -0.15) is 5.26 Å². The zero-order chi connectivity index (χ0) is 16.2. The summed E-state index contributed by atoms with van der Waals surface area (Å²) in [6, 6.07) is 5.71. The Balaban J connectivity index is 1.95. The van der Waals surface area contributed by atoms with Gasteiger partial charge in [0.25, 0.3) is 0 Å². The molecule has 0 bridgehead atoms. The molecule has 3 aromatic rings. The van der Waals surface area contributed by atoms with Crippen molar-refractivity contribution < 1.29 is 4.74 Å². The van der Waals surface area contributed by atoms with Gasteiger partial charge in [-0.1, -0.05) is 13.8 Å². The zero-order valence-corrected chi connectivity index (χ0v) is 13.3. The van der Waals surface area contributed by atoms with Gasteiger partial charge in [0.15, 0.2) is 0 Å². The Hall–Kier alpha value is -2.65. The van der Waals surface area contributed by atoms with Gasteiger partial charge in [0.1, 0.15) is 29.8 Å². The maximum absolute atomic E-state index is 9.06. The van der Waals surface area contributed by atoms with Crippen molar-refractivity contribution in [2.45, 2.75) is 13.8 Å². The minimum atomic E-state index is 0.386. The molecule has 23 heavy (non-hydrogen) atoms. The molecule has 0 unspecified atom stereocenters. The smallest absolute Gasteiger partial charge is 0.142 e. The van der Waals surface area contributed by atoms with Crippen molar-refractivity contribution in [2.75, 3.05) is 26.2 Å². The lowest BCUT2D eigenvalue weighted by molar-refractivity contribution is 0.224. The van der Waals surface area contributed by atoms with Crippen LogP contribution in [0.4, 0.5) is 0 Å². The summed E-state index contributed by atoms with van der Waals surface area (Å²) < 4.78 is 5.99. The molecule has 0 saturated heterocycles. The topological polar surface area (TPSA) is 77.8 Å². The number of rotatable bonds is 6. The molecule has 0 fully saturated rings. The maximum atomic E-state index is 9.06. The average Bonchev–Trinajstić information content (AvgIpc) is 2.97. The molecule has 3 heterocycles. The number of likely N-dealkylation sites (N-methyl/N-ethyl adjacent to an activating group) is 1. The minimum Gasteiger partial charge on any atom is -0.491 e. The number of aromatic amines is 1. The standard InChI is InChI=1S/C17H19N5O/c1-3-22(4-2)7-8-23-15-5-6-19-17-16(15)13-9-12(10-18)20-11-14(13)21-17/h5-6,9,11H,3-4,7-8H2,1-2H3,(H,19,21). The van der Waals surface area contributed by atoms with Gasteiger partial charge in [-0.15, -0.1) is 0 Å².